The SMILES string of the molecule is CCOC(=O)[C@@H](NC(=O)/C(=C\c1ccc(F)cc1)NC(=O)c1ccccc1)C(C)C. The Morgan fingerprint density at radius 1 is 1.03 bits per heavy atom. The summed E-state index contributed by atoms with van der Waals surface area (Å²) in [5.74, 6) is -2.36. The summed E-state index contributed by atoms with van der Waals surface area (Å²) in [6.45, 7) is 5.40. The van der Waals surface area contributed by atoms with Crippen LogP contribution in [0.2, 0.25) is 0 Å². The molecule has 0 aliphatic heterocycles. The van der Waals surface area contributed by atoms with E-state index >= 15 is 0 Å². The lowest BCUT2D eigenvalue weighted by Crippen LogP contribution is -2.47. The molecular formula is C23H25FN2O4. The van der Waals surface area contributed by atoms with Crippen LogP contribution in [0.5, 0.6) is 0 Å². The summed E-state index contributed by atoms with van der Waals surface area (Å²) >= 11 is 0. The Bertz CT molecular complexity index is 909. The highest BCUT2D eigenvalue weighted by atomic mass is 19.1. The predicted molar refractivity (Wildman–Crippen MR) is 112 cm³/mol. The second-order valence-corrected chi connectivity index (χ2v) is 6.88. The van der Waals surface area contributed by atoms with Gasteiger partial charge in [0.1, 0.15) is 17.6 Å². The minimum atomic E-state index is -0.886. The monoisotopic (exact) mass is 412 g/mol. The van der Waals surface area contributed by atoms with Crippen LogP contribution in [0.25, 0.3) is 6.08 Å². The van der Waals surface area contributed by atoms with Crippen LogP contribution in [0.4, 0.5) is 4.39 Å². The van der Waals surface area contributed by atoms with Crippen molar-refractivity contribution < 1.29 is 23.5 Å². The molecule has 0 radical (unpaired) electrons. The Kier molecular flexibility index (Phi) is 8.29. The average Bonchev–Trinajstić information content (AvgIpc) is 2.73. The van der Waals surface area contributed by atoms with Gasteiger partial charge in [0, 0.05) is 5.56 Å². The number of esters is 1. The predicted octanol–water partition coefficient (Wildman–Crippen LogP) is 3.30. The molecule has 2 aromatic carbocycles. The van der Waals surface area contributed by atoms with Gasteiger partial charge < -0.3 is 15.4 Å². The normalized spacial score (nSPS) is 12.2. The van der Waals surface area contributed by atoms with Crippen molar-refractivity contribution in [2.75, 3.05) is 6.61 Å². The molecule has 0 aromatic heterocycles. The molecule has 0 aliphatic rings. The van der Waals surface area contributed by atoms with Crippen molar-refractivity contribution >= 4 is 23.9 Å². The summed E-state index contributed by atoms with van der Waals surface area (Å²) in [6.07, 6.45) is 1.41. The van der Waals surface area contributed by atoms with Crippen molar-refractivity contribution in [3.8, 4) is 0 Å². The highest BCUT2D eigenvalue weighted by molar-refractivity contribution is 6.06. The molecule has 6 nitrogen and oxygen atoms in total. The fraction of sp³-hybridized carbons (Fsp3) is 0.261. The van der Waals surface area contributed by atoms with E-state index < -0.39 is 29.6 Å². The average molecular weight is 412 g/mol. The maximum Gasteiger partial charge on any atom is 0.328 e. The smallest absolute Gasteiger partial charge is 0.328 e. The van der Waals surface area contributed by atoms with Gasteiger partial charge in [-0.3, -0.25) is 9.59 Å². The third-order valence-electron chi connectivity index (χ3n) is 4.20. The number of benzene rings is 2. The summed E-state index contributed by atoms with van der Waals surface area (Å²) in [5, 5.41) is 5.19. The molecule has 7 heteroatoms. The molecule has 2 N–H and O–H groups in total. The van der Waals surface area contributed by atoms with Crippen LogP contribution >= 0.6 is 0 Å². The number of amides is 2. The Morgan fingerprint density at radius 3 is 2.23 bits per heavy atom. The van der Waals surface area contributed by atoms with E-state index in [2.05, 4.69) is 10.6 Å². The molecule has 2 rings (SSSR count). The highest BCUT2D eigenvalue weighted by Crippen LogP contribution is 2.11. The van der Waals surface area contributed by atoms with Crippen LogP contribution < -0.4 is 10.6 Å². The van der Waals surface area contributed by atoms with Gasteiger partial charge in [0.05, 0.1) is 6.61 Å². The van der Waals surface area contributed by atoms with Gasteiger partial charge in [-0.05, 0) is 48.7 Å². The second kappa shape index (κ2) is 10.9. The molecule has 0 bridgehead atoms. The quantitative estimate of drug-likeness (QED) is 0.515. The minimum absolute atomic E-state index is 0.0783. The summed E-state index contributed by atoms with van der Waals surface area (Å²) in [4.78, 5) is 37.7. The number of nitrogens with one attached hydrogen (secondary N) is 2. The molecule has 0 spiro atoms. The van der Waals surface area contributed by atoms with E-state index in [9.17, 15) is 18.8 Å². The van der Waals surface area contributed by atoms with E-state index in [1.54, 1.807) is 51.1 Å². The first kappa shape index (κ1) is 22.8. The van der Waals surface area contributed by atoms with Gasteiger partial charge in [-0.15, -0.1) is 0 Å². The number of halogens is 1. The van der Waals surface area contributed by atoms with Gasteiger partial charge in [-0.25, -0.2) is 9.18 Å². The lowest BCUT2D eigenvalue weighted by molar-refractivity contribution is -0.148. The molecule has 0 unspecified atom stereocenters. The molecule has 1 atom stereocenters. The van der Waals surface area contributed by atoms with Crippen molar-refractivity contribution in [3.05, 3.63) is 77.2 Å². The van der Waals surface area contributed by atoms with Gasteiger partial charge in [0.2, 0.25) is 0 Å². The van der Waals surface area contributed by atoms with Crippen molar-refractivity contribution in [1.82, 2.24) is 10.6 Å². The van der Waals surface area contributed by atoms with E-state index in [1.165, 1.54) is 30.3 Å². The number of carbonyl (C=O) groups excluding carboxylic acids is 3. The third kappa shape index (κ3) is 6.55. The maximum atomic E-state index is 13.2. The second-order valence-electron chi connectivity index (χ2n) is 6.88. The molecule has 2 aromatic rings. The fourth-order valence-electron chi connectivity index (χ4n) is 2.62. The van der Waals surface area contributed by atoms with Crippen molar-refractivity contribution in [2.45, 2.75) is 26.8 Å². The van der Waals surface area contributed by atoms with E-state index in [4.69, 9.17) is 4.74 Å². The number of hydrogen-bond acceptors (Lipinski definition) is 4. The van der Waals surface area contributed by atoms with Crippen LogP contribution in [0.1, 0.15) is 36.7 Å². The molecule has 0 saturated carbocycles. The molecule has 0 saturated heterocycles. The zero-order chi connectivity index (χ0) is 22.1. The number of rotatable bonds is 8. The Labute approximate surface area is 175 Å². The zero-order valence-electron chi connectivity index (χ0n) is 17.1. The molecule has 0 heterocycles. The van der Waals surface area contributed by atoms with Crippen LogP contribution in [0.15, 0.2) is 60.3 Å². The Morgan fingerprint density at radius 2 is 1.67 bits per heavy atom. The summed E-state index contributed by atoms with van der Waals surface area (Å²) < 4.78 is 18.2. The van der Waals surface area contributed by atoms with E-state index in [0.29, 0.717) is 11.1 Å². The number of carbonyl (C=O) groups is 3. The van der Waals surface area contributed by atoms with E-state index in [-0.39, 0.29) is 18.2 Å². The zero-order valence-corrected chi connectivity index (χ0v) is 17.1. The fourth-order valence-corrected chi connectivity index (χ4v) is 2.62. The standard InChI is InChI=1S/C23H25FN2O4/c1-4-30-23(29)20(15(2)3)26-22(28)19(14-16-10-12-18(24)13-11-16)25-21(27)17-8-6-5-7-9-17/h5-15,20H,4H2,1-3H3,(H,25,27)(H,26,28)/b19-14+/t20-/m0/s1. The summed E-state index contributed by atoms with van der Waals surface area (Å²) in [7, 11) is 0. The molecule has 0 fully saturated rings. The highest BCUT2D eigenvalue weighted by Gasteiger charge is 2.27. The minimum Gasteiger partial charge on any atom is -0.464 e. The summed E-state index contributed by atoms with van der Waals surface area (Å²) in [6, 6.07) is 12.9. The maximum absolute atomic E-state index is 13.2. The van der Waals surface area contributed by atoms with Crippen LogP contribution in [0.3, 0.4) is 0 Å². The van der Waals surface area contributed by atoms with Crippen LogP contribution in [-0.4, -0.2) is 30.4 Å². The Balaban J connectivity index is 2.31. The van der Waals surface area contributed by atoms with Crippen LogP contribution in [0, 0.1) is 11.7 Å². The van der Waals surface area contributed by atoms with E-state index in [0.717, 1.165) is 0 Å². The molecule has 30 heavy (non-hydrogen) atoms. The molecule has 2 amide bonds. The van der Waals surface area contributed by atoms with Gasteiger partial charge in [-0.1, -0.05) is 44.2 Å². The third-order valence-corrected chi connectivity index (χ3v) is 4.20. The van der Waals surface area contributed by atoms with Gasteiger partial charge in [0.25, 0.3) is 11.8 Å². The first-order valence-corrected chi connectivity index (χ1v) is 9.63. The van der Waals surface area contributed by atoms with Gasteiger partial charge >= 0.3 is 5.97 Å². The molecule has 0 aliphatic carbocycles. The van der Waals surface area contributed by atoms with Crippen molar-refractivity contribution in [3.63, 3.8) is 0 Å². The Hall–Kier alpha value is -3.48. The number of hydrogen-bond donors (Lipinski definition) is 2. The number of ether oxygens (including phenoxy) is 1. The van der Waals surface area contributed by atoms with Crippen molar-refractivity contribution in [2.24, 2.45) is 5.92 Å². The largest absolute Gasteiger partial charge is 0.464 e. The summed E-state index contributed by atoms with van der Waals surface area (Å²) in [5.41, 5.74) is 0.790. The van der Waals surface area contributed by atoms with E-state index in [1.807, 2.05) is 0 Å². The molecule has 158 valence electrons. The first-order chi connectivity index (χ1) is 14.3. The molecular weight excluding hydrogens is 387 g/mol. The van der Waals surface area contributed by atoms with Crippen LogP contribution in [-0.2, 0) is 14.3 Å². The van der Waals surface area contributed by atoms with Crippen molar-refractivity contribution in [1.29, 1.82) is 0 Å². The van der Waals surface area contributed by atoms with Gasteiger partial charge in [0.15, 0.2) is 0 Å². The lowest BCUT2D eigenvalue weighted by Gasteiger charge is -2.21. The van der Waals surface area contributed by atoms with Gasteiger partial charge in [-0.2, -0.15) is 0 Å². The lowest BCUT2D eigenvalue weighted by atomic mass is 10.0. The topological polar surface area (TPSA) is 84.5 Å². The first-order valence-electron chi connectivity index (χ1n) is 9.63.